The lowest BCUT2D eigenvalue weighted by Crippen LogP contribution is -1.89. The lowest BCUT2D eigenvalue weighted by molar-refractivity contribution is 0.576. The maximum Gasteiger partial charge on any atom is -0.0276 e. The van der Waals surface area contributed by atoms with Crippen LogP contribution >= 0.6 is 0 Å². The Hall–Kier alpha value is -1.56. The van der Waals surface area contributed by atoms with E-state index in [2.05, 4.69) is 102 Å². The van der Waals surface area contributed by atoms with Crippen molar-refractivity contribution >= 4 is 0 Å². The monoisotopic (exact) mass is 386 g/mol. The molecule has 0 N–H and O–H groups in total. The van der Waals surface area contributed by atoms with Crippen LogP contribution in [0, 0.1) is 11.8 Å². The summed E-state index contributed by atoms with van der Waals surface area (Å²) in [7, 11) is 0. The van der Waals surface area contributed by atoms with Crippen molar-refractivity contribution < 1.29 is 0 Å². The van der Waals surface area contributed by atoms with Crippen molar-refractivity contribution in [1.29, 1.82) is 0 Å². The van der Waals surface area contributed by atoms with Crippen LogP contribution in [0.5, 0.6) is 0 Å². The van der Waals surface area contributed by atoms with Gasteiger partial charge in [-0.3, -0.25) is 0 Å². The minimum Gasteiger partial charge on any atom is -0.0776 e. The van der Waals surface area contributed by atoms with Gasteiger partial charge in [-0.2, -0.15) is 0 Å². The number of rotatable bonds is 7. The molecule has 0 saturated carbocycles. The third-order valence-corrected chi connectivity index (χ3v) is 4.30. The molecule has 0 aliphatic heterocycles. The Morgan fingerprint density at radius 1 is 0.607 bits per heavy atom. The van der Waals surface area contributed by atoms with Gasteiger partial charge in [-0.1, -0.05) is 136 Å². The summed E-state index contributed by atoms with van der Waals surface area (Å²) < 4.78 is 0. The molecule has 0 amide bonds. The summed E-state index contributed by atoms with van der Waals surface area (Å²) in [5, 5.41) is 0. The minimum atomic E-state index is 0. The van der Waals surface area contributed by atoms with Gasteiger partial charge in [0, 0.05) is 0 Å². The predicted octanol–water partition coefficient (Wildman–Crippen LogP) is 9.63. The van der Waals surface area contributed by atoms with E-state index in [1.165, 1.54) is 49.7 Å². The number of hydrogen-bond acceptors (Lipinski definition) is 0. The van der Waals surface area contributed by atoms with Crippen molar-refractivity contribution in [3.8, 4) is 0 Å². The fourth-order valence-electron chi connectivity index (χ4n) is 2.36. The summed E-state index contributed by atoms with van der Waals surface area (Å²) in [6, 6.07) is 21.4. The molecular formula is C28H50. The first-order valence-electron chi connectivity index (χ1n) is 10.6. The van der Waals surface area contributed by atoms with Crippen LogP contribution in [-0.2, 0) is 12.8 Å². The average molecular weight is 387 g/mol. The normalized spacial score (nSPS) is 9.29. The van der Waals surface area contributed by atoms with Gasteiger partial charge in [0.2, 0.25) is 0 Å². The summed E-state index contributed by atoms with van der Waals surface area (Å²) in [5.74, 6) is 1.78. The van der Waals surface area contributed by atoms with Gasteiger partial charge < -0.3 is 0 Å². The Bertz CT molecular complexity index is 457. The lowest BCUT2D eigenvalue weighted by atomic mass is 10.0. The van der Waals surface area contributed by atoms with E-state index in [0.29, 0.717) is 0 Å². The quantitative estimate of drug-likeness (QED) is 0.444. The highest BCUT2D eigenvalue weighted by molar-refractivity contribution is 5.17. The molecule has 0 radical (unpaired) electrons. The topological polar surface area (TPSA) is 0 Å². The summed E-state index contributed by atoms with van der Waals surface area (Å²) in [6.45, 7) is 13.4. The third-order valence-electron chi connectivity index (χ3n) is 4.30. The van der Waals surface area contributed by atoms with E-state index in [1.54, 1.807) is 0 Å². The molecule has 2 aromatic rings. The zero-order chi connectivity index (χ0) is 19.6. The molecule has 0 fully saturated rings. The molecule has 0 atom stereocenters. The van der Waals surface area contributed by atoms with Crippen LogP contribution in [-0.4, -0.2) is 0 Å². The van der Waals surface area contributed by atoms with Crippen molar-refractivity contribution in [3.63, 3.8) is 0 Å². The largest absolute Gasteiger partial charge is 0.0776 e. The van der Waals surface area contributed by atoms with E-state index in [9.17, 15) is 0 Å². The van der Waals surface area contributed by atoms with Crippen LogP contribution in [0.25, 0.3) is 0 Å². The molecule has 0 heterocycles. The fraction of sp³-hybridized carbons (Fsp3) is 0.571. The van der Waals surface area contributed by atoms with Gasteiger partial charge in [0.05, 0.1) is 0 Å². The average Bonchev–Trinajstić information content (AvgIpc) is 2.64. The van der Waals surface area contributed by atoms with Crippen LogP contribution < -0.4 is 0 Å². The summed E-state index contributed by atoms with van der Waals surface area (Å²) in [5.41, 5.74) is 2.88. The van der Waals surface area contributed by atoms with Gasteiger partial charge in [-0.25, -0.2) is 0 Å². The first kappa shape index (κ1) is 31.1. The van der Waals surface area contributed by atoms with E-state index in [4.69, 9.17) is 0 Å². The molecular weight excluding hydrogens is 336 g/mol. The Kier molecular flexibility index (Phi) is 24.2. The maximum atomic E-state index is 2.25. The van der Waals surface area contributed by atoms with Crippen LogP contribution in [0.15, 0.2) is 60.7 Å². The Morgan fingerprint density at radius 3 is 1.18 bits per heavy atom. The molecule has 28 heavy (non-hydrogen) atoms. The zero-order valence-electron chi connectivity index (χ0n) is 18.2. The molecule has 0 unspecified atom stereocenters. The van der Waals surface area contributed by atoms with Crippen molar-refractivity contribution in [3.05, 3.63) is 71.8 Å². The SMILES string of the molecule is C.C.CCC(C)C.CCCC(C)C.c1ccc(CCCc2ccccc2)cc1. The second-order valence-electron chi connectivity index (χ2n) is 7.81. The first-order valence-corrected chi connectivity index (χ1v) is 10.6. The van der Waals surface area contributed by atoms with Gasteiger partial charge in [-0.15, -0.1) is 0 Å². The highest BCUT2D eigenvalue weighted by Gasteiger charge is 1.93. The molecule has 162 valence electrons. The zero-order valence-corrected chi connectivity index (χ0v) is 18.2. The Labute approximate surface area is 178 Å². The van der Waals surface area contributed by atoms with Gasteiger partial charge in [0.15, 0.2) is 0 Å². The summed E-state index contributed by atoms with van der Waals surface area (Å²) in [4.78, 5) is 0. The van der Waals surface area contributed by atoms with Crippen molar-refractivity contribution in [2.75, 3.05) is 0 Å². The lowest BCUT2D eigenvalue weighted by Gasteiger charge is -2.01. The van der Waals surface area contributed by atoms with E-state index >= 15 is 0 Å². The second-order valence-corrected chi connectivity index (χ2v) is 7.81. The molecule has 2 aromatic carbocycles. The van der Waals surface area contributed by atoms with E-state index < -0.39 is 0 Å². The van der Waals surface area contributed by atoms with E-state index in [1.807, 2.05) is 0 Å². The smallest absolute Gasteiger partial charge is 0.0276 e. The van der Waals surface area contributed by atoms with E-state index in [0.717, 1.165) is 11.8 Å². The van der Waals surface area contributed by atoms with Crippen LogP contribution in [0.2, 0.25) is 0 Å². The van der Waals surface area contributed by atoms with Gasteiger partial charge >= 0.3 is 0 Å². The summed E-state index contributed by atoms with van der Waals surface area (Å²) >= 11 is 0. The molecule has 0 aliphatic rings. The van der Waals surface area contributed by atoms with Crippen LogP contribution in [0.4, 0.5) is 0 Å². The summed E-state index contributed by atoms with van der Waals surface area (Å²) in [6.07, 6.45) is 7.59. The molecule has 0 aromatic heterocycles. The minimum absolute atomic E-state index is 0. The number of hydrogen-bond donors (Lipinski definition) is 0. The first-order chi connectivity index (χ1) is 12.5. The molecule has 0 saturated heterocycles. The van der Waals surface area contributed by atoms with Crippen molar-refractivity contribution in [2.45, 2.75) is 94.9 Å². The molecule has 0 bridgehead atoms. The van der Waals surface area contributed by atoms with Crippen LogP contribution in [0.3, 0.4) is 0 Å². The second kappa shape index (κ2) is 21.7. The number of aryl methyl sites for hydroxylation is 2. The molecule has 0 nitrogen and oxygen atoms in total. The standard InChI is InChI=1S/C15H16.C6H14.C5H12.2CH4/c1-3-8-14(9-4-1)12-7-13-15-10-5-2-6-11-15;1-4-5-6(2)3;1-4-5(2)3;;/h1-6,8-11H,7,12-13H2;6H,4-5H2,1-3H3;5H,4H2,1-3H3;2*1H4. The molecule has 0 spiro atoms. The van der Waals surface area contributed by atoms with Gasteiger partial charge in [0.1, 0.15) is 0 Å². The highest BCUT2D eigenvalue weighted by Crippen LogP contribution is 2.07. The molecule has 0 aliphatic carbocycles. The number of benzene rings is 2. The van der Waals surface area contributed by atoms with Gasteiger partial charge in [0.25, 0.3) is 0 Å². The fourth-order valence-corrected chi connectivity index (χ4v) is 2.36. The van der Waals surface area contributed by atoms with Crippen LogP contribution in [0.1, 0.15) is 93.2 Å². The highest BCUT2D eigenvalue weighted by atomic mass is 14.0. The molecule has 0 heteroatoms. The Morgan fingerprint density at radius 2 is 0.964 bits per heavy atom. The third kappa shape index (κ3) is 20.7. The van der Waals surface area contributed by atoms with Crippen molar-refractivity contribution in [2.24, 2.45) is 11.8 Å². The van der Waals surface area contributed by atoms with E-state index in [-0.39, 0.29) is 14.9 Å². The molecule has 2 rings (SSSR count). The Balaban J connectivity index is -0.000000408. The predicted molar refractivity (Wildman–Crippen MR) is 133 cm³/mol. The van der Waals surface area contributed by atoms with Gasteiger partial charge in [-0.05, 0) is 42.2 Å². The van der Waals surface area contributed by atoms with Crippen molar-refractivity contribution in [1.82, 2.24) is 0 Å². The maximum absolute atomic E-state index is 2.25.